The minimum Gasteiger partial charge on any atom is -0.399 e. The molecule has 0 atom stereocenters. The van der Waals surface area contributed by atoms with Crippen LogP contribution in [0.25, 0.3) is 0 Å². The number of aliphatic hydroxyl groups excluding tert-OH is 1. The van der Waals surface area contributed by atoms with Crippen LogP contribution in [0, 0.1) is 10.8 Å². The number of nitrogen functional groups attached to an aromatic ring is 1. The molecule has 0 saturated heterocycles. The Labute approximate surface area is 338 Å². The van der Waals surface area contributed by atoms with E-state index in [0.717, 1.165) is 25.7 Å². The monoisotopic (exact) mass is 838 g/mol. The minimum atomic E-state index is -3.81. The Bertz CT molecular complexity index is 1910. The van der Waals surface area contributed by atoms with Crippen molar-refractivity contribution in [3.05, 3.63) is 48.5 Å². The molecular weight excluding hydrogens is 780 g/mol. The Morgan fingerprint density at radius 3 is 1.45 bits per heavy atom. The lowest BCUT2D eigenvalue weighted by Crippen LogP contribution is -2.42. The Kier molecular flexibility index (Phi) is 18.2. The normalized spacial score (nSPS) is 18.0. The summed E-state index contributed by atoms with van der Waals surface area (Å²) in [6.45, 7) is 9.28. The number of hydrogen-bond acceptors (Lipinski definition) is 11. The zero-order valence-electron chi connectivity index (χ0n) is 31.9. The molecule has 2 aliphatic heterocycles. The third-order valence-corrected chi connectivity index (χ3v) is 12.0. The zero-order valence-corrected chi connectivity index (χ0v) is 34.4. The van der Waals surface area contributed by atoms with Crippen LogP contribution < -0.4 is 20.5 Å². The van der Waals surface area contributed by atoms with Crippen molar-refractivity contribution in [1.29, 1.82) is 0 Å². The van der Waals surface area contributed by atoms with E-state index in [1.165, 1.54) is 56.9 Å². The highest BCUT2D eigenvalue weighted by atomic mass is 35.5. The molecule has 6 N–H and O–H groups in total. The van der Waals surface area contributed by atoms with Crippen molar-refractivity contribution >= 4 is 74.1 Å². The van der Waals surface area contributed by atoms with Gasteiger partial charge in [0, 0.05) is 61.3 Å². The fourth-order valence-electron chi connectivity index (χ4n) is 6.69. The maximum atomic E-state index is 12.8. The number of benzene rings is 2. The van der Waals surface area contributed by atoms with Gasteiger partial charge in [-0.2, -0.15) is 10.2 Å². The van der Waals surface area contributed by atoms with Gasteiger partial charge in [-0.05, 0) is 95.0 Å². The minimum absolute atomic E-state index is 0. The van der Waals surface area contributed by atoms with Crippen LogP contribution in [0.3, 0.4) is 0 Å². The number of aliphatic hydroxyl groups is 1. The third kappa shape index (κ3) is 12.9. The van der Waals surface area contributed by atoms with Crippen molar-refractivity contribution in [3.8, 4) is 0 Å². The molecule has 2 aliphatic carbocycles. The predicted molar refractivity (Wildman–Crippen MR) is 227 cm³/mol. The molecule has 0 radical (unpaired) electrons. The van der Waals surface area contributed by atoms with Gasteiger partial charge in [0.1, 0.15) is 0 Å². The standard InChI is InChI=1S/C18H25N5O3S.C16H23N5O2S.C2H6O.CH4.ClH/c1-3-19-17(23-13-18(12-20-23)10-4-5-11-18)22-27(25,26)16-8-6-15(7-9-16)21-14(2)24;1-2-18-15(21-12-16(11-19-21)9-3-4-10-16)20-24(22,23)14-7-5-13(17)6-8-14;1-2-3;;/h6-9,12H,3-5,10-11,13H2,1-2H3,(H,19,22)(H,21,24);5-8,11H,2-4,9-10,12,17H2,1H3,(H,18,20);3H,2H2,1H3;1H4;1H. The molecule has 1 amide bonds. The molecule has 2 aromatic carbocycles. The summed E-state index contributed by atoms with van der Waals surface area (Å²) in [6, 6.07) is 12.1. The van der Waals surface area contributed by atoms with Crippen molar-refractivity contribution in [2.45, 2.75) is 96.3 Å². The van der Waals surface area contributed by atoms with E-state index in [9.17, 15) is 21.6 Å². The van der Waals surface area contributed by atoms with E-state index in [1.807, 2.05) is 26.3 Å². The number of hydrazone groups is 2. The molecule has 0 aromatic heterocycles. The molecular formula is C37H59ClN10O6S2. The Morgan fingerprint density at radius 2 is 1.11 bits per heavy atom. The van der Waals surface area contributed by atoms with E-state index in [0.29, 0.717) is 37.6 Å². The maximum Gasteiger partial charge on any atom is 0.264 e. The highest BCUT2D eigenvalue weighted by molar-refractivity contribution is 7.90. The van der Waals surface area contributed by atoms with Crippen molar-refractivity contribution in [2.24, 2.45) is 31.0 Å². The van der Waals surface area contributed by atoms with E-state index < -0.39 is 20.0 Å². The van der Waals surface area contributed by atoms with Crippen molar-refractivity contribution in [3.63, 3.8) is 0 Å². The van der Waals surface area contributed by atoms with Crippen LogP contribution in [-0.2, 0) is 24.8 Å². The van der Waals surface area contributed by atoms with Crippen molar-refractivity contribution in [1.82, 2.24) is 19.5 Å². The van der Waals surface area contributed by atoms with Gasteiger partial charge in [-0.15, -0.1) is 12.4 Å². The largest absolute Gasteiger partial charge is 0.399 e. The molecule has 2 spiro atoms. The molecule has 19 heteroatoms. The molecule has 312 valence electrons. The Balaban J connectivity index is 0.000000352. The highest BCUT2D eigenvalue weighted by Crippen LogP contribution is 2.41. The van der Waals surface area contributed by atoms with Crippen LogP contribution in [0.1, 0.15) is 86.5 Å². The molecule has 6 rings (SSSR count). The first-order valence-corrected chi connectivity index (χ1v) is 21.3. The number of sulfonamides is 2. The van der Waals surface area contributed by atoms with Gasteiger partial charge in [0.15, 0.2) is 0 Å². The zero-order chi connectivity index (χ0) is 39.4. The number of nitrogens with zero attached hydrogens (tertiary/aromatic N) is 6. The van der Waals surface area contributed by atoms with Gasteiger partial charge < -0.3 is 16.2 Å². The lowest BCUT2D eigenvalue weighted by atomic mass is 9.88. The summed E-state index contributed by atoms with van der Waals surface area (Å²) in [4.78, 5) is 20.0. The van der Waals surface area contributed by atoms with E-state index >= 15 is 0 Å². The molecule has 2 aromatic rings. The van der Waals surface area contributed by atoms with Crippen molar-refractivity contribution in [2.75, 3.05) is 43.8 Å². The third-order valence-electron chi connectivity index (χ3n) is 9.30. The number of rotatable bonds is 7. The van der Waals surface area contributed by atoms with E-state index in [2.05, 4.69) is 34.9 Å². The van der Waals surface area contributed by atoms with Crippen LogP contribution in [0.4, 0.5) is 11.4 Å². The number of carbonyl (C=O) groups excluding carboxylic acids is 1. The molecule has 2 heterocycles. The Hall–Kier alpha value is -4.26. The molecule has 0 unspecified atom stereocenters. The summed E-state index contributed by atoms with van der Waals surface area (Å²) in [5.41, 5.74) is 6.79. The topological polar surface area (TPSA) is 224 Å². The van der Waals surface area contributed by atoms with E-state index in [1.54, 1.807) is 41.2 Å². The van der Waals surface area contributed by atoms with Gasteiger partial charge in [0.2, 0.25) is 17.8 Å². The molecule has 4 aliphatic rings. The number of halogens is 1. The maximum absolute atomic E-state index is 12.8. The number of nitrogens with one attached hydrogen (secondary N) is 3. The number of anilines is 2. The summed E-state index contributed by atoms with van der Waals surface area (Å²) in [7, 11) is -7.53. The SMILES string of the molecule is C.CCN=C(NS(=O)(=O)c1ccc(N)cc1)N1CC2(C=N1)CCCC2.CCN=C(NS(=O)(=O)c1ccc(NC(C)=O)cc1)N1CC2(C=N1)CCCC2.CCO.Cl. The quantitative estimate of drug-likeness (QED) is 0.144. The van der Waals surface area contributed by atoms with Gasteiger partial charge >= 0.3 is 0 Å². The molecule has 0 bridgehead atoms. The fraction of sp³-hybridized carbons (Fsp3) is 0.541. The lowest BCUT2D eigenvalue weighted by Gasteiger charge is -2.23. The summed E-state index contributed by atoms with van der Waals surface area (Å²) in [5, 5.41) is 22.3. The van der Waals surface area contributed by atoms with Crippen LogP contribution in [-0.4, -0.2) is 95.0 Å². The van der Waals surface area contributed by atoms with Gasteiger partial charge in [-0.1, -0.05) is 33.1 Å². The molecule has 16 nitrogen and oxygen atoms in total. The first-order valence-electron chi connectivity index (χ1n) is 18.3. The number of hydrogen-bond donors (Lipinski definition) is 5. The van der Waals surface area contributed by atoms with Crippen LogP contribution in [0.2, 0.25) is 0 Å². The van der Waals surface area contributed by atoms with Gasteiger partial charge in [0.05, 0.1) is 22.9 Å². The molecule has 2 saturated carbocycles. The summed E-state index contributed by atoms with van der Waals surface area (Å²) < 4.78 is 55.8. The second-order valence-corrected chi connectivity index (χ2v) is 17.0. The fourth-order valence-corrected chi connectivity index (χ4v) is 8.74. The van der Waals surface area contributed by atoms with Crippen LogP contribution >= 0.6 is 12.4 Å². The second-order valence-electron chi connectivity index (χ2n) is 13.6. The number of aliphatic imine (C=N–C) groups is 2. The number of guanidine groups is 2. The van der Waals surface area contributed by atoms with Crippen molar-refractivity contribution < 1.29 is 26.7 Å². The smallest absolute Gasteiger partial charge is 0.264 e. The van der Waals surface area contributed by atoms with Crippen LogP contribution in [0.5, 0.6) is 0 Å². The van der Waals surface area contributed by atoms with E-state index in [-0.39, 0.29) is 64.9 Å². The summed E-state index contributed by atoms with van der Waals surface area (Å²) >= 11 is 0. The number of carbonyl (C=O) groups is 1. The first kappa shape index (κ1) is 47.9. The van der Waals surface area contributed by atoms with Gasteiger partial charge in [-0.25, -0.2) is 36.3 Å². The summed E-state index contributed by atoms with van der Waals surface area (Å²) in [5.74, 6) is 0.298. The number of amides is 1. The predicted octanol–water partition coefficient (Wildman–Crippen LogP) is 5.00. The average Bonchev–Trinajstić information content (AvgIpc) is 3.96. The Morgan fingerprint density at radius 1 is 0.750 bits per heavy atom. The lowest BCUT2D eigenvalue weighted by molar-refractivity contribution is -0.114. The van der Waals surface area contributed by atoms with Crippen LogP contribution in [0.15, 0.2) is 78.5 Å². The number of nitrogens with two attached hydrogens (primary N) is 1. The van der Waals surface area contributed by atoms with Gasteiger partial charge in [0.25, 0.3) is 20.0 Å². The molecule has 56 heavy (non-hydrogen) atoms. The summed E-state index contributed by atoms with van der Waals surface area (Å²) in [6.07, 6.45) is 13.0. The second kappa shape index (κ2) is 21.3. The molecule has 2 fully saturated rings. The van der Waals surface area contributed by atoms with E-state index in [4.69, 9.17) is 10.8 Å². The first-order chi connectivity index (χ1) is 25.7. The average molecular weight is 840 g/mol. The van der Waals surface area contributed by atoms with Gasteiger partial charge in [-0.3, -0.25) is 14.8 Å². The highest BCUT2D eigenvalue weighted by Gasteiger charge is 2.41.